The lowest BCUT2D eigenvalue weighted by atomic mass is 10.2. The van der Waals surface area contributed by atoms with Gasteiger partial charge in [-0.3, -0.25) is 14.2 Å². The van der Waals surface area contributed by atoms with Gasteiger partial charge >= 0.3 is 5.69 Å². The van der Waals surface area contributed by atoms with E-state index in [0.717, 1.165) is 21.4 Å². The maximum absolute atomic E-state index is 13.7. The molecule has 4 aromatic rings. The van der Waals surface area contributed by atoms with E-state index in [2.05, 4.69) is 10.4 Å². The minimum absolute atomic E-state index is 0.228. The first-order valence-corrected chi connectivity index (χ1v) is 10.1. The SMILES string of the molecule is COc1ccc(-n2nc(C(=O)Nc3ccc(F)cc3)c(=O)n(Cc3cccc(F)c3)c2=O)cc1. The fourth-order valence-corrected chi connectivity index (χ4v) is 3.23. The van der Waals surface area contributed by atoms with E-state index in [1.165, 1.54) is 49.6 Å². The van der Waals surface area contributed by atoms with Crippen LogP contribution in [0.4, 0.5) is 14.5 Å². The second-order valence-electron chi connectivity index (χ2n) is 7.22. The molecule has 1 amide bonds. The molecule has 0 bridgehead atoms. The number of carbonyl (C=O) groups is 1. The van der Waals surface area contributed by atoms with Gasteiger partial charge in [0.1, 0.15) is 17.4 Å². The number of hydrogen-bond acceptors (Lipinski definition) is 5. The molecule has 1 aromatic heterocycles. The molecule has 34 heavy (non-hydrogen) atoms. The van der Waals surface area contributed by atoms with E-state index < -0.39 is 34.5 Å². The Labute approximate surface area is 191 Å². The fourth-order valence-electron chi connectivity index (χ4n) is 3.23. The largest absolute Gasteiger partial charge is 0.497 e. The van der Waals surface area contributed by atoms with Crippen molar-refractivity contribution < 1.29 is 18.3 Å². The average Bonchev–Trinajstić information content (AvgIpc) is 2.83. The molecule has 1 heterocycles. The molecule has 0 atom stereocenters. The average molecular weight is 464 g/mol. The van der Waals surface area contributed by atoms with Gasteiger partial charge in [-0.2, -0.15) is 9.78 Å². The van der Waals surface area contributed by atoms with Crippen LogP contribution in [0.1, 0.15) is 16.1 Å². The van der Waals surface area contributed by atoms with Crippen molar-refractivity contribution in [2.24, 2.45) is 0 Å². The van der Waals surface area contributed by atoms with Gasteiger partial charge in [-0.15, -0.1) is 0 Å². The molecule has 0 aliphatic heterocycles. The lowest BCUT2D eigenvalue weighted by Gasteiger charge is -2.13. The normalized spacial score (nSPS) is 10.7. The highest BCUT2D eigenvalue weighted by molar-refractivity contribution is 6.02. The van der Waals surface area contributed by atoms with Crippen molar-refractivity contribution in [2.75, 3.05) is 12.4 Å². The maximum Gasteiger partial charge on any atom is 0.352 e. The summed E-state index contributed by atoms with van der Waals surface area (Å²) in [6.45, 7) is -0.287. The monoisotopic (exact) mass is 464 g/mol. The maximum atomic E-state index is 13.7. The van der Waals surface area contributed by atoms with Crippen LogP contribution in [0.5, 0.6) is 5.75 Å². The summed E-state index contributed by atoms with van der Waals surface area (Å²) in [6.07, 6.45) is 0. The van der Waals surface area contributed by atoms with Crippen LogP contribution < -0.4 is 21.3 Å². The fraction of sp³-hybridized carbons (Fsp3) is 0.0833. The standard InChI is InChI=1S/C24H18F2N4O4/c1-34-20-11-9-19(10-12-20)30-24(33)29(14-15-3-2-4-17(26)13-15)23(32)21(28-30)22(31)27-18-7-5-16(25)6-8-18/h2-13H,14H2,1H3,(H,27,31). The minimum Gasteiger partial charge on any atom is -0.497 e. The molecule has 0 aliphatic rings. The Morgan fingerprint density at radius 3 is 2.32 bits per heavy atom. The quantitative estimate of drug-likeness (QED) is 0.474. The van der Waals surface area contributed by atoms with Crippen LogP contribution in [-0.2, 0) is 6.54 Å². The molecule has 3 aromatic carbocycles. The first kappa shape index (κ1) is 22.6. The zero-order chi connectivity index (χ0) is 24.2. The summed E-state index contributed by atoms with van der Waals surface area (Å²) >= 11 is 0. The summed E-state index contributed by atoms with van der Waals surface area (Å²) in [4.78, 5) is 39.2. The van der Waals surface area contributed by atoms with E-state index in [-0.39, 0.29) is 17.9 Å². The van der Waals surface area contributed by atoms with Gasteiger partial charge in [0.05, 0.1) is 19.3 Å². The molecular weight excluding hydrogens is 446 g/mol. The third-order valence-corrected chi connectivity index (χ3v) is 4.92. The van der Waals surface area contributed by atoms with E-state index in [9.17, 15) is 23.2 Å². The van der Waals surface area contributed by atoms with Gasteiger partial charge < -0.3 is 10.1 Å². The van der Waals surface area contributed by atoms with Gasteiger partial charge in [-0.25, -0.2) is 13.6 Å². The molecule has 4 rings (SSSR count). The van der Waals surface area contributed by atoms with E-state index in [1.807, 2.05) is 0 Å². The Balaban J connectivity index is 1.83. The van der Waals surface area contributed by atoms with Crippen molar-refractivity contribution >= 4 is 11.6 Å². The first-order chi connectivity index (χ1) is 16.4. The Kier molecular flexibility index (Phi) is 6.30. The summed E-state index contributed by atoms with van der Waals surface area (Å²) in [5.74, 6) is -1.41. The van der Waals surface area contributed by atoms with Gasteiger partial charge in [0, 0.05) is 5.69 Å². The molecule has 0 saturated heterocycles. The molecule has 0 aliphatic carbocycles. The van der Waals surface area contributed by atoms with Crippen LogP contribution in [0.2, 0.25) is 0 Å². The Hall–Kier alpha value is -4.60. The number of carbonyl (C=O) groups excluding carboxylic acids is 1. The number of halogens is 2. The molecule has 10 heteroatoms. The number of aromatic nitrogens is 3. The summed E-state index contributed by atoms with van der Waals surface area (Å²) in [6, 6.07) is 16.6. The molecule has 8 nitrogen and oxygen atoms in total. The summed E-state index contributed by atoms with van der Waals surface area (Å²) < 4.78 is 33.7. The van der Waals surface area contributed by atoms with E-state index in [0.29, 0.717) is 11.3 Å². The van der Waals surface area contributed by atoms with Crippen molar-refractivity contribution in [3.63, 3.8) is 0 Å². The number of benzene rings is 3. The van der Waals surface area contributed by atoms with E-state index in [4.69, 9.17) is 4.74 Å². The number of methoxy groups -OCH3 is 1. The predicted octanol–water partition coefficient (Wildman–Crippen LogP) is 2.98. The molecule has 0 fully saturated rings. The smallest absolute Gasteiger partial charge is 0.352 e. The second-order valence-corrected chi connectivity index (χ2v) is 7.22. The third-order valence-electron chi connectivity index (χ3n) is 4.92. The number of rotatable bonds is 6. The summed E-state index contributed by atoms with van der Waals surface area (Å²) in [7, 11) is 1.48. The number of amides is 1. The number of hydrogen-bond donors (Lipinski definition) is 1. The number of nitrogens with zero attached hydrogens (tertiary/aromatic N) is 3. The number of ether oxygens (including phenoxy) is 1. The van der Waals surface area contributed by atoms with Crippen molar-refractivity contribution in [1.82, 2.24) is 14.3 Å². The van der Waals surface area contributed by atoms with Gasteiger partial charge in [0.2, 0.25) is 5.69 Å². The summed E-state index contributed by atoms with van der Waals surface area (Å²) in [5, 5.41) is 6.47. The Bertz CT molecular complexity index is 1460. The highest BCUT2D eigenvalue weighted by atomic mass is 19.1. The van der Waals surface area contributed by atoms with Crippen LogP contribution in [-0.4, -0.2) is 27.4 Å². The highest BCUT2D eigenvalue weighted by Gasteiger charge is 2.21. The van der Waals surface area contributed by atoms with Crippen LogP contribution in [0.3, 0.4) is 0 Å². The van der Waals surface area contributed by atoms with Gasteiger partial charge in [0.15, 0.2) is 0 Å². The lowest BCUT2D eigenvalue weighted by Crippen LogP contribution is -2.45. The van der Waals surface area contributed by atoms with Crippen LogP contribution in [0.25, 0.3) is 5.69 Å². The van der Waals surface area contributed by atoms with Gasteiger partial charge in [-0.1, -0.05) is 12.1 Å². The molecule has 1 N–H and O–H groups in total. The predicted molar refractivity (Wildman–Crippen MR) is 121 cm³/mol. The Morgan fingerprint density at radius 1 is 0.971 bits per heavy atom. The molecular formula is C24H18F2N4O4. The second kappa shape index (κ2) is 9.49. The van der Waals surface area contributed by atoms with Crippen molar-refractivity contribution in [3.8, 4) is 11.4 Å². The lowest BCUT2D eigenvalue weighted by molar-refractivity contribution is 0.101. The first-order valence-electron chi connectivity index (χ1n) is 10.1. The molecule has 172 valence electrons. The molecule has 0 unspecified atom stereocenters. The number of nitrogens with one attached hydrogen (secondary N) is 1. The molecule has 0 saturated carbocycles. The Morgan fingerprint density at radius 2 is 1.68 bits per heavy atom. The third kappa shape index (κ3) is 4.75. The summed E-state index contributed by atoms with van der Waals surface area (Å²) in [5.41, 5.74) is -1.51. The van der Waals surface area contributed by atoms with Gasteiger partial charge in [-0.05, 0) is 66.2 Å². The minimum atomic E-state index is -0.960. The van der Waals surface area contributed by atoms with Crippen molar-refractivity contribution in [2.45, 2.75) is 6.54 Å². The molecule has 0 radical (unpaired) electrons. The van der Waals surface area contributed by atoms with Crippen LogP contribution in [0, 0.1) is 11.6 Å². The van der Waals surface area contributed by atoms with Crippen molar-refractivity contribution in [1.29, 1.82) is 0 Å². The zero-order valence-electron chi connectivity index (χ0n) is 17.9. The molecule has 0 spiro atoms. The van der Waals surface area contributed by atoms with E-state index >= 15 is 0 Å². The van der Waals surface area contributed by atoms with Crippen LogP contribution in [0.15, 0.2) is 82.4 Å². The number of anilines is 1. The van der Waals surface area contributed by atoms with Crippen molar-refractivity contribution in [3.05, 3.63) is 117 Å². The van der Waals surface area contributed by atoms with Gasteiger partial charge in [0.25, 0.3) is 11.5 Å². The zero-order valence-corrected chi connectivity index (χ0v) is 17.9. The highest BCUT2D eigenvalue weighted by Crippen LogP contribution is 2.14. The van der Waals surface area contributed by atoms with E-state index in [1.54, 1.807) is 18.2 Å². The van der Waals surface area contributed by atoms with Crippen LogP contribution >= 0.6 is 0 Å². The topological polar surface area (TPSA) is 95.2 Å².